The molecule has 6 heteroatoms. The number of carbonyl (C=O) groups is 1. The first-order chi connectivity index (χ1) is 7.70. The third-order valence-electron chi connectivity index (χ3n) is 2.06. The maximum Gasteiger partial charge on any atom is 0.358 e. The van der Waals surface area contributed by atoms with Crippen LogP contribution in [0, 0.1) is 0 Å². The van der Waals surface area contributed by atoms with E-state index in [1.54, 1.807) is 23.0 Å². The van der Waals surface area contributed by atoms with E-state index in [1.165, 1.54) is 7.11 Å². The van der Waals surface area contributed by atoms with E-state index >= 15 is 0 Å². The number of methoxy groups -OCH3 is 1. The van der Waals surface area contributed by atoms with Crippen molar-refractivity contribution in [1.82, 2.24) is 20.0 Å². The zero-order valence-corrected chi connectivity index (χ0v) is 8.91. The van der Waals surface area contributed by atoms with E-state index in [-0.39, 0.29) is 5.69 Å². The van der Waals surface area contributed by atoms with Crippen LogP contribution in [0.25, 0.3) is 11.3 Å². The average Bonchev–Trinajstić information content (AvgIpc) is 2.75. The summed E-state index contributed by atoms with van der Waals surface area (Å²) in [6, 6.07) is 3.28. The second-order valence-corrected chi connectivity index (χ2v) is 3.20. The third kappa shape index (κ3) is 1.90. The van der Waals surface area contributed by atoms with Crippen molar-refractivity contribution in [2.24, 2.45) is 7.05 Å². The Hall–Kier alpha value is -2.24. The molecule has 0 aliphatic rings. The van der Waals surface area contributed by atoms with Crippen LogP contribution in [0.1, 0.15) is 10.5 Å². The van der Waals surface area contributed by atoms with Gasteiger partial charge in [0.25, 0.3) is 0 Å². The predicted octanol–water partition coefficient (Wildman–Crippen LogP) is 0.664. The molecule has 0 saturated heterocycles. The van der Waals surface area contributed by atoms with Gasteiger partial charge in [0.1, 0.15) is 0 Å². The summed E-state index contributed by atoms with van der Waals surface area (Å²) in [4.78, 5) is 11.1. The molecule has 2 rings (SSSR count). The quantitative estimate of drug-likeness (QED) is 0.692. The first-order valence-corrected chi connectivity index (χ1v) is 4.62. The van der Waals surface area contributed by atoms with Crippen LogP contribution in [0.15, 0.2) is 24.5 Å². The van der Waals surface area contributed by atoms with Crippen molar-refractivity contribution in [1.29, 1.82) is 0 Å². The normalized spacial score (nSPS) is 10.1. The molecule has 2 aromatic heterocycles. The molecule has 0 radical (unpaired) electrons. The molecule has 0 amide bonds. The van der Waals surface area contributed by atoms with E-state index in [0.29, 0.717) is 5.69 Å². The highest BCUT2D eigenvalue weighted by Gasteiger charge is 2.08. The molecule has 0 N–H and O–H groups in total. The molecular formula is C10H10N4O2. The lowest BCUT2D eigenvalue weighted by Gasteiger charge is -1.98. The summed E-state index contributed by atoms with van der Waals surface area (Å²) in [5.74, 6) is -0.495. The lowest BCUT2D eigenvalue weighted by molar-refractivity contribution is 0.0593. The topological polar surface area (TPSA) is 69.9 Å². The highest BCUT2D eigenvalue weighted by atomic mass is 16.5. The number of hydrogen-bond acceptors (Lipinski definition) is 5. The van der Waals surface area contributed by atoms with Gasteiger partial charge < -0.3 is 4.74 Å². The molecule has 0 atom stereocenters. The summed E-state index contributed by atoms with van der Waals surface area (Å²) in [7, 11) is 3.12. The fraction of sp³-hybridized carbons (Fsp3) is 0.200. The highest BCUT2D eigenvalue weighted by Crippen LogP contribution is 2.14. The second-order valence-electron chi connectivity index (χ2n) is 3.20. The molecule has 2 aromatic rings. The smallest absolute Gasteiger partial charge is 0.358 e. The van der Waals surface area contributed by atoms with Crippen molar-refractivity contribution >= 4 is 5.97 Å². The maximum absolute atomic E-state index is 11.1. The first kappa shape index (κ1) is 10.3. The standard InChI is InChI=1S/C10H10N4O2/c1-14-6-7(5-11-14)8-3-4-9(13-12-8)10(15)16-2/h3-6H,1-2H3. The molecular weight excluding hydrogens is 208 g/mol. The number of ether oxygens (including phenoxy) is 1. The Morgan fingerprint density at radius 1 is 1.38 bits per heavy atom. The molecule has 0 bridgehead atoms. The molecule has 0 aromatic carbocycles. The van der Waals surface area contributed by atoms with Gasteiger partial charge in [0.15, 0.2) is 5.69 Å². The van der Waals surface area contributed by atoms with Crippen molar-refractivity contribution < 1.29 is 9.53 Å². The number of aromatic nitrogens is 4. The molecule has 0 fully saturated rings. The number of nitrogens with zero attached hydrogens (tertiary/aromatic N) is 4. The molecule has 16 heavy (non-hydrogen) atoms. The predicted molar refractivity (Wildman–Crippen MR) is 55.6 cm³/mol. The number of hydrogen-bond donors (Lipinski definition) is 0. The highest BCUT2D eigenvalue weighted by molar-refractivity contribution is 5.87. The van der Waals surface area contributed by atoms with Crippen molar-refractivity contribution in [3.8, 4) is 11.3 Å². The van der Waals surface area contributed by atoms with Crippen molar-refractivity contribution in [3.05, 3.63) is 30.2 Å². The van der Waals surface area contributed by atoms with Gasteiger partial charge in [-0.3, -0.25) is 4.68 Å². The molecule has 0 unspecified atom stereocenters. The summed E-state index contributed by atoms with van der Waals surface area (Å²) >= 11 is 0. The number of aryl methyl sites for hydroxylation is 1. The second kappa shape index (κ2) is 4.09. The summed E-state index contributed by atoms with van der Waals surface area (Å²) in [6.45, 7) is 0. The maximum atomic E-state index is 11.1. The molecule has 0 spiro atoms. The van der Waals surface area contributed by atoms with Crippen LogP contribution in [0.3, 0.4) is 0 Å². The molecule has 6 nitrogen and oxygen atoms in total. The minimum absolute atomic E-state index is 0.190. The largest absolute Gasteiger partial charge is 0.464 e. The first-order valence-electron chi connectivity index (χ1n) is 4.62. The van der Waals surface area contributed by atoms with Crippen LogP contribution in [-0.4, -0.2) is 33.1 Å². The van der Waals surface area contributed by atoms with E-state index in [2.05, 4.69) is 20.0 Å². The monoisotopic (exact) mass is 218 g/mol. The molecule has 82 valence electrons. The lowest BCUT2D eigenvalue weighted by Crippen LogP contribution is -2.05. The van der Waals surface area contributed by atoms with Gasteiger partial charge in [-0.2, -0.15) is 5.10 Å². The Balaban J connectivity index is 2.29. The van der Waals surface area contributed by atoms with Crippen molar-refractivity contribution in [2.45, 2.75) is 0 Å². The summed E-state index contributed by atoms with van der Waals surface area (Å²) in [5, 5.41) is 11.7. The molecule has 0 aliphatic heterocycles. The Morgan fingerprint density at radius 2 is 2.19 bits per heavy atom. The van der Waals surface area contributed by atoms with Crippen molar-refractivity contribution in [2.75, 3.05) is 7.11 Å². The van der Waals surface area contributed by atoms with Crippen LogP contribution in [-0.2, 0) is 11.8 Å². The zero-order chi connectivity index (χ0) is 11.5. The average molecular weight is 218 g/mol. The zero-order valence-electron chi connectivity index (χ0n) is 8.91. The molecule has 2 heterocycles. The summed E-state index contributed by atoms with van der Waals surface area (Å²) in [5.41, 5.74) is 1.71. The fourth-order valence-corrected chi connectivity index (χ4v) is 1.25. The van der Waals surface area contributed by atoms with Crippen molar-refractivity contribution in [3.63, 3.8) is 0 Å². The van der Waals surface area contributed by atoms with E-state index in [4.69, 9.17) is 0 Å². The number of carbonyl (C=O) groups excluding carboxylic acids is 1. The van der Waals surface area contributed by atoms with Gasteiger partial charge in [-0.05, 0) is 12.1 Å². The van der Waals surface area contributed by atoms with Gasteiger partial charge in [0, 0.05) is 18.8 Å². The van der Waals surface area contributed by atoms with Gasteiger partial charge in [0.2, 0.25) is 0 Å². The number of esters is 1. The van der Waals surface area contributed by atoms with Gasteiger partial charge >= 0.3 is 5.97 Å². The van der Waals surface area contributed by atoms with Gasteiger partial charge in [-0.1, -0.05) is 0 Å². The van der Waals surface area contributed by atoms with Crippen LogP contribution in [0.4, 0.5) is 0 Å². The van der Waals surface area contributed by atoms with Crippen LogP contribution in [0.2, 0.25) is 0 Å². The minimum atomic E-state index is -0.495. The lowest BCUT2D eigenvalue weighted by atomic mass is 10.2. The Bertz CT molecular complexity index is 504. The van der Waals surface area contributed by atoms with Crippen LogP contribution in [0.5, 0.6) is 0 Å². The number of rotatable bonds is 2. The Labute approximate surface area is 91.9 Å². The summed E-state index contributed by atoms with van der Waals surface area (Å²) in [6.07, 6.45) is 3.50. The SMILES string of the molecule is COC(=O)c1ccc(-c2cnn(C)c2)nn1. The van der Waals surface area contributed by atoms with E-state index < -0.39 is 5.97 Å². The fourth-order valence-electron chi connectivity index (χ4n) is 1.25. The van der Waals surface area contributed by atoms with Crippen LogP contribution >= 0.6 is 0 Å². The van der Waals surface area contributed by atoms with Gasteiger partial charge in [0.05, 0.1) is 19.0 Å². The van der Waals surface area contributed by atoms with E-state index in [1.807, 2.05) is 13.2 Å². The molecule has 0 aliphatic carbocycles. The van der Waals surface area contributed by atoms with Crippen LogP contribution < -0.4 is 0 Å². The molecule has 0 saturated carbocycles. The van der Waals surface area contributed by atoms with Gasteiger partial charge in [-0.15, -0.1) is 10.2 Å². The van der Waals surface area contributed by atoms with E-state index in [0.717, 1.165) is 5.56 Å². The Kier molecular flexibility index (Phi) is 2.63. The Morgan fingerprint density at radius 3 is 2.69 bits per heavy atom. The van der Waals surface area contributed by atoms with Gasteiger partial charge in [-0.25, -0.2) is 4.79 Å². The third-order valence-corrected chi connectivity index (χ3v) is 2.06. The minimum Gasteiger partial charge on any atom is -0.464 e. The van der Waals surface area contributed by atoms with E-state index in [9.17, 15) is 4.79 Å². The summed E-state index contributed by atoms with van der Waals surface area (Å²) < 4.78 is 6.20.